The molecule has 1 amide bonds. The number of nitrogens with zero attached hydrogens (tertiary/aromatic N) is 5. The highest BCUT2D eigenvalue weighted by Crippen LogP contribution is 2.27. The number of anilines is 1. The fourth-order valence-electron chi connectivity index (χ4n) is 2.63. The van der Waals surface area contributed by atoms with Crippen molar-refractivity contribution < 1.29 is 9.32 Å². The van der Waals surface area contributed by atoms with Gasteiger partial charge in [0, 0.05) is 30.5 Å². The van der Waals surface area contributed by atoms with E-state index in [2.05, 4.69) is 25.4 Å². The average molecular weight is 380 g/mol. The minimum absolute atomic E-state index is 0.300. The maximum absolute atomic E-state index is 12.7. The Kier molecular flexibility index (Phi) is 4.28. The highest BCUT2D eigenvalue weighted by atomic mass is 32.1. The highest BCUT2D eigenvalue weighted by Gasteiger charge is 2.22. The van der Waals surface area contributed by atoms with Gasteiger partial charge in [0.2, 0.25) is 0 Å². The number of carbonyl (C=O) groups is 1. The topological polar surface area (TPSA) is 98.7 Å². The maximum atomic E-state index is 12.7. The second kappa shape index (κ2) is 6.76. The van der Waals surface area contributed by atoms with Crippen molar-refractivity contribution in [2.24, 2.45) is 7.05 Å². The van der Waals surface area contributed by atoms with Gasteiger partial charge in [0.05, 0.1) is 5.69 Å². The molecule has 0 aromatic carbocycles. The second-order valence-electron chi connectivity index (χ2n) is 6.02. The Hall–Kier alpha value is -3.33. The Labute approximate surface area is 158 Å². The first-order chi connectivity index (χ1) is 13.0. The standard InChI is InChI=1S/C18H16N6O2S/c1-10-5-4-6-19-14(10)13-9-27-18(21-13)22-17(25)12-8-26-23-15(12)16-20-7-11(2)24(16)3/h4-9H,1-3H3,(H,21,22,25). The first kappa shape index (κ1) is 17.1. The molecule has 0 aliphatic rings. The van der Waals surface area contributed by atoms with Gasteiger partial charge in [0.25, 0.3) is 5.91 Å². The molecule has 0 unspecified atom stereocenters. The third-order valence-corrected chi connectivity index (χ3v) is 4.98. The summed E-state index contributed by atoms with van der Waals surface area (Å²) in [4.78, 5) is 25.8. The monoisotopic (exact) mass is 380 g/mol. The van der Waals surface area contributed by atoms with Gasteiger partial charge in [0.1, 0.15) is 17.5 Å². The van der Waals surface area contributed by atoms with Crippen LogP contribution < -0.4 is 5.32 Å². The van der Waals surface area contributed by atoms with Gasteiger partial charge in [-0.3, -0.25) is 15.1 Å². The van der Waals surface area contributed by atoms with Gasteiger partial charge < -0.3 is 9.09 Å². The quantitative estimate of drug-likeness (QED) is 0.582. The van der Waals surface area contributed by atoms with E-state index < -0.39 is 0 Å². The molecule has 27 heavy (non-hydrogen) atoms. The van der Waals surface area contributed by atoms with E-state index >= 15 is 0 Å². The molecule has 0 atom stereocenters. The number of hydrogen-bond acceptors (Lipinski definition) is 7. The molecule has 4 aromatic heterocycles. The Balaban J connectivity index is 1.59. The number of aromatic nitrogens is 5. The molecule has 0 fully saturated rings. The summed E-state index contributed by atoms with van der Waals surface area (Å²) >= 11 is 1.33. The molecule has 0 bridgehead atoms. The number of thiazole rings is 1. The van der Waals surface area contributed by atoms with E-state index in [1.54, 1.807) is 12.4 Å². The molecule has 0 spiro atoms. The van der Waals surface area contributed by atoms with Gasteiger partial charge in [-0.2, -0.15) is 0 Å². The lowest BCUT2D eigenvalue weighted by Crippen LogP contribution is -2.13. The van der Waals surface area contributed by atoms with Gasteiger partial charge in [-0.1, -0.05) is 11.2 Å². The first-order valence-corrected chi connectivity index (χ1v) is 9.04. The van der Waals surface area contributed by atoms with Gasteiger partial charge in [-0.25, -0.2) is 9.97 Å². The van der Waals surface area contributed by atoms with E-state index in [9.17, 15) is 4.79 Å². The molecule has 4 aromatic rings. The van der Waals surface area contributed by atoms with Crippen LogP contribution >= 0.6 is 11.3 Å². The lowest BCUT2D eigenvalue weighted by molar-refractivity contribution is 0.102. The Morgan fingerprint density at radius 2 is 2.11 bits per heavy atom. The molecule has 4 rings (SSSR count). The van der Waals surface area contributed by atoms with Crippen LogP contribution in [-0.4, -0.2) is 30.6 Å². The van der Waals surface area contributed by atoms with Gasteiger partial charge in [-0.05, 0) is 25.5 Å². The fraction of sp³-hybridized carbons (Fsp3) is 0.167. The summed E-state index contributed by atoms with van der Waals surface area (Å²) in [6, 6.07) is 3.85. The van der Waals surface area contributed by atoms with Crippen LogP contribution in [-0.2, 0) is 7.05 Å². The Bertz CT molecular complexity index is 1130. The number of imidazole rings is 1. The summed E-state index contributed by atoms with van der Waals surface area (Å²) < 4.78 is 6.87. The van der Waals surface area contributed by atoms with Crippen LogP contribution in [0.5, 0.6) is 0 Å². The first-order valence-electron chi connectivity index (χ1n) is 8.16. The third-order valence-electron chi connectivity index (χ3n) is 4.22. The molecule has 8 nitrogen and oxygen atoms in total. The number of aryl methyl sites for hydroxylation is 2. The number of nitrogens with one attached hydrogen (secondary N) is 1. The van der Waals surface area contributed by atoms with Crippen molar-refractivity contribution in [2.75, 3.05) is 5.32 Å². The summed E-state index contributed by atoms with van der Waals surface area (Å²) in [6.45, 7) is 3.89. The van der Waals surface area contributed by atoms with Crippen molar-refractivity contribution in [3.05, 3.63) is 53.0 Å². The number of amides is 1. The number of hydrogen-bond donors (Lipinski definition) is 1. The summed E-state index contributed by atoms with van der Waals surface area (Å²) in [5, 5.41) is 9.07. The van der Waals surface area contributed by atoms with Crippen molar-refractivity contribution in [1.29, 1.82) is 0 Å². The van der Waals surface area contributed by atoms with E-state index in [1.807, 2.05) is 43.0 Å². The fourth-order valence-corrected chi connectivity index (χ4v) is 3.32. The summed E-state index contributed by atoms with van der Waals surface area (Å²) in [6.07, 6.45) is 4.75. The molecule has 136 valence electrons. The summed E-state index contributed by atoms with van der Waals surface area (Å²) in [7, 11) is 1.86. The van der Waals surface area contributed by atoms with Crippen LogP contribution in [0.2, 0.25) is 0 Å². The van der Waals surface area contributed by atoms with Crippen LogP contribution in [0, 0.1) is 13.8 Å². The molecule has 0 saturated carbocycles. The van der Waals surface area contributed by atoms with Gasteiger partial charge in [-0.15, -0.1) is 11.3 Å². The normalized spacial score (nSPS) is 10.9. The summed E-state index contributed by atoms with van der Waals surface area (Å²) in [5.41, 5.74) is 4.18. The van der Waals surface area contributed by atoms with Crippen molar-refractivity contribution in [3.8, 4) is 22.9 Å². The average Bonchev–Trinajstić information content (AvgIpc) is 3.37. The molecular weight excluding hydrogens is 364 g/mol. The molecule has 0 aliphatic carbocycles. The Morgan fingerprint density at radius 3 is 2.85 bits per heavy atom. The lowest BCUT2D eigenvalue weighted by atomic mass is 10.2. The minimum atomic E-state index is -0.356. The van der Waals surface area contributed by atoms with Crippen LogP contribution in [0.25, 0.3) is 22.9 Å². The van der Waals surface area contributed by atoms with Crippen LogP contribution in [0.4, 0.5) is 5.13 Å². The predicted octanol–water partition coefficient (Wildman–Crippen LogP) is 3.46. The zero-order valence-electron chi connectivity index (χ0n) is 14.9. The van der Waals surface area contributed by atoms with Crippen molar-refractivity contribution in [1.82, 2.24) is 24.7 Å². The van der Waals surface area contributed by atoms with Gasteiger partial charge >= 0.3 is 0 Å². The van der Waals surface area contributed by atoms with E-state index in [-0.39, 0.29) is 5.91 Å². The SMILES string of the molecule is Cc1cccnc1-c1csc(NC(=O)c2conc2-c2ncc(C)n2C)n1. The van der Waals surface area contributed by atoms with Crippen LogP contribution in [0.1, 0.15) is 21.6 Å². The largest absolute Gasteiger partial charge is 0.363 e. The Morgan fingerprint density at radius 1 is 1.26 bits per heavy atom. The zero-order chi connectivity index (χ0) is 19.0. The van der Waals surface area contributed by atoms with E-state index in [0.717, 1.165) is 22.6 Å². The third kappa shape index (κ3) is 3.13. The van der Waals surface area contributed by atoms with Crippen molar-refractivity contribution >= 4 is 22.4 Å². The summed E-state index contributed by atoms with van der Waals surface area (Å²) in [5.74, 6) is 0.209. The van der Waals surface area contributed by atoms with Crippen LogP contribution in [0.3, 0.4) is 0 Å². The van der Waals surface area contributed by atoms with Crippen molar-refractivity contribution in [2.45, 2.75) is 13.8 Å². The second-order valence-corrected chi connectivity index (χ2v) is 6.88. The molecule has 4 heterocycles. The zero-order valence-corrected chi connectivity index (χ0v) is 15.7. The van der Waals surface area contributed by atoms with Crippen LogP contribution in [0.15, 0.2) is 40.7 Å². The smallest absolute Gasteiger partial charge is 0.263 e. The molecule has 1 N–H and O–H groups in total. The highest BCUT2D eigenvalue weighted by molar-refractivity contribution is 7.14. The lowest BCUT2D eigenvalue weighted by Gasteiger charge is -2.03. The molecule has 0 aliphatic heterocycles. The number of pyridine rings is 1. The molecular formula is C18H16N6O2S. The maximum Gasteiger partial charge on any atom is 0.263 e. The molecule has 0 radical (unpaired) electrons. The molecule has 0 saturated heterocycles. The van der Waals surface area contributed by atoms with E-state index in [1.165, 1.54) is 17.6 Å². The van der Waals surface area contributed by atoms with E-state index in [4.69, 9.17) is 4.52 Å². The number of rotatable bonds is 4. The van der Waals surface area contributed by atoms with Crippen molar-refractivity contribution in [3.63, 3.8) is 0 Å². The number of carbonyl (C=O) groups excluding carboxylic acids is 1. The van der Waals surface area contributed by atoms with Gasteiger partial charge in [0.15, 0.2) is 16.6 Å². The van der Waals surface area contributed by atoms with E-state index in [0.29, 0.717) is 22.2 Å². The minimum Gasteiger partial charge on any atom is -0.363 e. The molecule has 9 heteroatoms. The predicted molar refractivity (Wildman–Crippen MR) is 101 cm³/mol.